The van der Waals surface area contributed by atoms with Crippen molar-refractivity contribution in [1.29, 1.82) is 0 Å². The molecule has 1 fully saturated rings. The summed E-state index contributed by atoms with van der Waals surface area (Å²) in [7, 11) is 0. The molecule has 1 N–H and O–H groups in total. The lowest BCUT2D eigenvalue weighted by atomic mass is 9.74. The van der Waals surface area contributed by atoms with E-state index in [1.54, 1.807) is 6.20 Å². The van der Waals surface area contributed by atoms with Gasteiger partial charge in [0.25, 0.3) is 0 Å². The second kappa shape index (κ2) is 8.74. The maximum Gasteiger partial charge on any atom is 0.226 e. The van der Waals surface area contributed by atoms with Crippen LogP contribution in [0, 0.1) is 12.3 Å². The first-order valence-electron chi connectivity index (χ1n) is 10.2. The summed E-state index contributed by atoms with van der Waals surface area (Å²) >= 11 is 0. The molecule has 2 aromatic rings. The molecule has 3 heterocycles. The van der Waals surface area contributed by atoms with Crippen molar-refractivity contribution in [2.45, 2.75) is 45.3 Å². The van der Waals surface area contributed by atoms with Gasteiger partial charge in [-0.2, -0.15) is 0 Å². The van der Waals surface area contributed by atoms with Crippen LogP contribution in [0.4, 0.5) is 0 Å². The summed E-state index contributed by atoms with van der Waals surface area (Å²) in [4.78, 5) is 23.2. The first-order chi connectivity index (χ1) is 14.1. The van der Waals surface area contributed by atoms with Gasteiger partial charge in [0.2, 0.25) is 5.91 Å². The average molecular weight is 393 g/mol. The Labute approximate surface area is 171 Å². The molecular formula is C23H27N3O3. The molecule has 4 rings (SSSR count). The minimum absolute atomic E-state index is 0.0545. The van der Waals surface area contributed by atoms with E-state index >= 15 is 0 Å². The molecule has 2 aliphatic heterocycles. The third kappa shape index (κ3) is 4.65. The van der Waals surface area contributed by atoms with Crippen LogP contribution in [0.2, 0.25) is 0 Å². The highest BCUT2D eigenvalue weighted by molar-refractivity contribution is 6.01. The Morgan fingerprint density at radius 2 is 1.97 bits per heavy atom. The van der Waals surface area contributed by atoms with Gasteiger partial charge in [0, 0.05) is 32.3 Å². The fourth-order valence-electron chi connectivity index (χ4n) is 4.04. The molecule has 1 amide bonds. The molecule has 1 atom stereocenters. The summed E-state index contributed by atoms with van der Waals surface area (Å²) in [5.74, 6) is 0.0545. The molecule has 6 nitrogen and oxygen atoms in total. The van der Waals surface area contributed by atoms with Crippen molar-refractivity contribution in [3.05, 3.63) is 65.5 Å². The van der Waals surface area contributed by atoms with Crippen LogP contribution in [-0.4, -0.2) is 35.9 Å². The quantitative estimate of drug-likeness (QED) is 0.817. The van der Waals surface area contributed by atoms with Crippen LogP contribution in [0.25, 0.3) is 0 Å². The van der Waals surface area contributed by atoms with E-state index in [9.17, 15) is 4.79 Å². The highest BCUT2D eigenvalue weighted by atomic mass is 16.6. The van der Waals surface area contributed by atoms with E-state index in [1.807, 2.05) is 18.2 Å². The number of ether oxygens (including phenoxy) is 1. The summed E-state index contributed by atoms with van der Waals surface area (Å²) < 4.78 is 5.54. The predicted octanol–water partition coefficient (Wildman–Crippen LogP) is 3.39. The van der Waals surface area contributed by atoms with Crippen LogP contribution in [-0.2, 0) is 20.9 Å². The molecule has 0 bridgehead atoms. The lowest BCUT2D eigenvalue weighted by Gasteiger charge is -2.36. The first kappa shape index (κ1) is 19.6. The van der Waals surface area contributed by atoms with E-state index in [0.29, 0.717) is 39.0 Å². The molecule has 0 aliphatic carbocycles. The second-order valence-electron chi connectivity index (χ2n) is 7.94. The van der Waals surface area contributed by atoms with Gasteiger partial charge < -0.3 is 14.9 Å². The number of benzene rings is 1. The van der Waals surface area contributed by atoms with Crippen LogP contribution < -0.4 is 5.32 Å². The summed E-state index contributed by atoms with van der Waals surface area (Å²) in [5.41, 5.74) is 3.61. The zero-order chi connectivity index (χ0) is 20.1. The molecule has 6 heteroatoms. The highest BCUT2D eigenvalue weighted by Gasteiger charge is 2.43. The zero-order valence-electron chi connectivity index (χ0n) is 16.8. The van der Waals surface area contributed by atoms with Crippen LogP contribution in [0.1, 0.15) is 42.5 Å². The van der Waals surface area contributed by atoms with E-state index in [-0.39, 0.29) is 12.0 Å². The summed E-state index contributed by atoms with van der Waals surface area (Å²) in [6.45, 7) is 3.68. The molecule has 0 radical (unpaired) electrons. The molecule has 0 saturated carbocycles. The topological polar surface area (TPSA) is 72.8 Å². The molecule has 1 aromatic heterocycles. The average Bonchev–Trinajstić information content (AvgIpc) is 3.22. The highest BCUT2D eigenvalue weighted by Crippen LogP contribution is 2.38. The van der Waals surface area contributed by atoms with Gasteiger partial charge in [-0.3, -0.25) is 9.78 Å². The number of nitrogens with zero attached hydrogens (tertiary/aromatic N) is 2. The van der Waals surface area contributed by atoms with Crippen molar-refractivity contribution in [3.63, 3.8) is 0 Å². The van der Waals surface area contributed by atoms with Crippen LogP contribution in [0.5, 0.6) is 0 Å². The van der Waals surface area contributed by atoms with E-state index < -0.39 is 5.41 Å². The van der Waals surface area contributed by atoms with Crippen molar-refractivity contribution >= 4 is 11.6 Å². The van der Waals surface area contributed by atoms with Crippen molar-refractivity contribution in [3.8, 4) is 0 Å². The van der Waals surface area contributed by atoms with Crippen molar-refractivity contribution in [2.24, 2.45) is 10.6 Å². The molecule has 152 valence electrons. The van der Waals surface area contributed by atoms with Gasteiger partial charge >= 0.3 is 0 Å². The minimum Gasteiger partial charge on any atom is -0.392 e. The maximum absolute atomic E-state index is 13.2. The predicted molar refractivity (Wildman–Crippen MR) is 110 cm³/mol. The number of rotatable bonds is 6. The SMILES string of the molecule is Cc1ccc(C2=NOC(CC3(C(=O)NCc4ccccn4)CCOCC3)C2)cc1. The number of oxime groups is 1. The second-order valence-corrected chi connectivity index (χ2v) is 7.94. The number of carbonyl (C=O) groups is 1. The van der Waals surface area contributed by atoms with Gasteiger partial charge in [0.15, 0.2) is 0 Å². The molecule has 0 spiro atoms. The number of aryl methyl sites for hydroxylation is 1. The third-order valence-electron chi connectivity index (χ3n) is 5.82. The van der Waals surface area contributed by atoms with E-state index in [1.165, 1.54) is 5.56 Å². The molecule has 2 aliphatic rings. The van der Waals surface area contributed by atoms with Gasteiger partial charge in [-0.15, -0.1) is 0 Å². The molecule has 1 aromatic carbocycles. The molecular weight excluding hydrogens is 366 g/mol. The molecule has 1 saturated heterocycles. The van der Waals surface area contributed by atoms with Crippen LogP contribution in [0.3, 0.4) is 0 Å². The van der Waals surface area contributed by atoms with Crippen molar-refractivity contribution < 1.29 is 14.4 Å². The van der Waals surface area contributed by atoms with Gasteiger partial charge in [-0.05, 0) is 37.5 Å². The van der Waals surface area contributed by atoms with Gasteiger partial charge in [0.05, 0.1) is 23.4 Å². The fraction of sp³-hybridized carbons (Fsp3) is 0.435. The van der Waals surface area contributed by atoms with E-state index in [4.69, 9.17) is 9.57 Å². The number of nitrogens with one attached hydrogen (secondary N) is 1. The number of aromatic nitrogens is 1. The third-order valence-corrected chi connectivity index (χ3v) is 5.82. The Kier molecular flexibility index (Phi) is 5.90. The van der Waals surface area contributed by atoms with E-state index in [2.05, 4.69) is 46.6 Å². The van der Waals surface area contributed by atoms with E-state index in [0.717, 1.165) is 23.4 Å². The number of amides is 1. The summed E-state index contributed by atoms with van der Waals surface area (Å²) in [6, 6.07) is 14.0. The lowest BCUT2D eigenvalue weighted by Crippen LogP contribution is -2.46. The smallest absolute Gasteiger partial charge is 0.226 e. The number of hydrogen-bond acceptors (Lipinski definition) is 5. The fourth-order valence-corrected chi connectivity index (χ4v) is 4.04. The normalized spacial score (nSPS) is 20.6. The maximum atomic E-state index is 13.2. The number of pyridine rings is 1. The zero-order valence-corrected chi connectivity index (χ0v) is 16.8. The lowest BCUT2D eigenvalue weighted by molar-refractivity contribution is -0.140. The monoisotopic (exact) mass is 393 g/mol. The van der Waals surface area contributed by atoms with Crippen molar-refractivity contribution in [2.75, 3.05) is 13.2 Å². The summed E-state index contributed by atoms with van der Waals surface area (Å²) in [5, 5.41) is 7.39. The van der Waals surface area contributed by atoms with Crippen molar-refractivity contribution in [1.82, 2.24) is 10.3 Å². The Balaban J connectivity index is 1.40. The Hall–Kier alpha value is -2.73. The van der Waals surface area contributed by atoms with Crippen LogP contribution >= 0.6 is 0 Å². The number of hydrogen-bond donors (Lipinski definition) is 1. The van der Waals surface area contributed by atoms with Gasteiger partial charge in [0.1, 0.15) is 6.10 Å². The van der Waals surface area contributed by atoms with Crippen LogP contribution in [0.15, 0.2) is 53.8 Å². The standard InChI is InChI=1S/C23H27N3O3/c1-17-5-7-18(8-6-17)21-14-20(29-26-21)15-23(9-12-28-13-10-23)22(27)25-16-19-4-2-3-11-24-19/h2-8,11,20H,9-10,12-16H2,1H3,(H,25,27). The minimum atomic E-state index is -0.490. The number of carbonyl (C=O) groups excluding carboxylic acids is 1. The Bertz CT molecular complexity index is 859. The molecule has 29 heavy (non-hydrogen) atoms. The Morgan fingerprint density at radius 3 is 2.69 bits per heavy atom. The molecule has 1 unspecified atom stereocenters. The first-order valence-corrected chi connectivity index (χ1v) is 10.2. The summed E-state index contributed by atoms with van der Waals surface area (Å²) in [6.07, 6.45) is 4.40. The Morgan fingerprint density at radius 1 is 1.17 bits per heavy atom. The van der Waals surface area contributed by atoms with Gasteiger partial charge in [-0.1, -0.05) is 41.1 Å². The largest absolute Gasteiger partial charge is 0.392 e. The van der Waals surface area contributed by atoms with Gasteiger partial charge in [-0.25, -0.2) is 0 Å².